The third-order valence-corrected chi connectivity index (χ3v) is 5.58. The number of nitrogens with zero attached hydrogens (tertiary/aromatic N) is 3. The van der Waals surface area contributed by atoms with Gasteiger partial charge in [0.1, 0.15) is 5.75 Å². The highest BCUT2D eigenvalue weighted by atomic mass is 32.1. The third kappa shape index (κ3) is 4.40. The number of hydrogen-bond acceptors (Lipinski definition) is 5. The van der Waals surface area contributed by atoms with E-state index in [9.17, 15) is 9.59 Å². The molecule has 2 aromatic rings. The van der Waals surface area contributed by atoms with Crippen molar-refractivity contribution in [2.45, 2.75) is 26.3 Å². The second-order valence-electron chi connectivity index (χ2n) is 6.34. The van der Waals surface area contributed by atoms with Crippen LogP contribution in [0.25, 0.3) is 0 Å². The van der Waals surface area contributed by atoms with Gasteiger partial charge in [-0.25, -0.2) is 4.98 Å². The van der Waals surface area contributed by atoms with Gasteiger partial charge < -0.3 is 14.5 Å². The van der Waals surface area contributed by atoms with Crippen LogP contribution >= 0.6 is 11.3 Å². The Hall–Kier alpha value is -2.41. The molecule has 138 valence electrons. The van der Waals surface area contributed by atoms with Gasteiger partial charge in [0.05, 0.1) is 24.9 Å². The number of benzene rings is 1. The largest absolute Gasteiger partial charge is 0.497 e. The monoisotopic (exact) mass is 373 g/mol. The van der Waals surface area contributed by atoms with Gasteiger partial charge in [-0.15, -0.1) is 11.3 Å². The molecule has 0 atom stereocenters. The summed E-state index contributed by atoms with van der Waals surface area (Å²) in [5.74, 6) is 0.802. The van der Waals surface area contributed by atoms with Gasteiger partial charge in [0.2, 0.25) is 11.8 Å². The minimum atomic E-state index is -0.0126. The Morgan fingerprint density at radius 3 is 2.88 bits per heavy atom. The highest BCUT2D eigenvalue weighted by Gasteiger charge is 2.27. The lowest BCUT2D eigenvalue weighted by molar-refractivity contribution is -0.145. The molecule has 0 spiro atoms. The molecule has 3 rings (SSSR count). The van der Waals surface area contributed by atoms with Gasteiger partial charge in [-0.05, 0) is 31.0 Å². The van der Waals surface area contributed by atoms with Crippen LogP contribution in [0.2, 0.25) is 0 Å². The normalized spacial score (nSPS) is 14.6. The van der Waals surface area contributed by atoms with Gasteiger partial charge in [-0.1, -0.05) is 12.1 Å². The lowest BCUT2D eigenvalue weighted by Gasteiger charge is -2.34. The second kappa shape index (κ2) is 8.31. The fourth-order valence-corrected chi connectivity index (χ4v) is 3.81. The van der Waals surface area contributed by atoms with Crippen molar-refractivity contribution in [3.05, 3.63) is 45.9 Å². The Labute approximate surface area is 157 Å². The van der Waals surface area contributed by atoms with Crippen LogP contribution in [0.1, 0.15) is 22.6 Å². The van der Waals surface area contributed by atoms with Crippen molar-refractivity contribution in [2.24, 2.45) is 0 Å². The van der Waals surface area contributed by atoms with Crippen LogP contribution in [0.15, 0.2) is 29.8 Å². The molecule has 0 aliphatic carbocycles. The zero-order chi connectivity index (χ0) is 18.5. The van der Waals surface area contributed by atoms with E-state index in [1.54, 1.807) is 33.8 Å². The molecule has 1 aromatic carbocycles. The molecule has 1 aliphatic rings. The number of amides is 2. The molecule has 1 saturated heterocycles. The van der Waals surface area contributed by atoms with Gasteiger partial charge in [0.15, 0.2) is 0 Å². The fraction of sp³-hybridized carbons (Fsp3) is 0.421. The molecule has 0 radical (unpaired) electrons. The Morgan fingerprint density at radius 1 is 1.35 bits per heavy atom. The first kappa shape index (κ1) is 18.4. The standard InChI is InChI=1S/C19H23N3O3S/c1-14-17(26-13-20-14)6-7-18(23)22-9-8-21(19(24)12-22)11-15-4-3-5-16(10-15)25-2/h3-5,10,13H,6-9,11-12H2,1-2H3. The molecule has 2 amide bonds. The number of hydrogen-bond donors (Lipinski definition) is 0. The molecule has 0 saturated carbocycles. The van der Waals surface area contributed by atoms with Crippen molar-refractivity contribution in [1.82, 2.24) is 14.8 Å². The first-order valence-electron chi connectivity index (χ1n) is 8.64. The minimum Gasteiger partial charge on any atom is -0.497 e. The smallest absolute Gasteiger partial charge is 0.242 e. The Kier molecular flexibility index (Phi) is 5.88. The predicted molar refractivity (Wildman–Crippen MR) is 100 cm³/mol. The summed E-state index contributed by atoms with van der Waals surface area (Å²) in [7, 11) is 1.63. The van der Waals surface area contributed by atoms with Crippen LogP contribution in [0.4, 0.5) is 0 Å². The SMILES string of the molecule is COc1cccc(CN2CCN(C(=O)CCc3scnc3C)CC2=O)c1. The van der Waals surface area contributed by atoms with Crippen molar-refractivity contribution >= 4 is 23.2 Å². The Bertz CT molecular complexity index is 790. The summed E-state index contributed by atoms with van der Waals surface area (Å²) in [6.07, 6.45) is 1.11. The van der Waals surface area contributed by atoms with Gasteiger partial charge >= 0.3 is 0 Å². The zero-order valence-corrected chi connectivity index (χ0v) is 15.9. The molecule has 1 aromatic heterocycles. The highest BCUT2D eigenvalue weighted by molar-refractivity contribution is 7.09. The van der Waals surface area contributed by atoms with E-state index in [1.807, 2.05) is 31.2 Å². The summed E-state index contributed by atoms with van der Waals surface area (Å²) in [6.45, 7) is 3.79. The van der Waals surface area contributed by atoms with Crippen molar-refractivity contribution in [2.75, 3.05) is 26.7 Å². The van der Waals surface area contributed by atoms with Crippen molar-refractivity contribution < 1.29 is 14.3 Å². The van der Waals surface area contributed by atoms with Crippen molar-refractivity contribution in [1.29, 1.82) is 0 Å². The number of carbonyl (C=O) groups is 2. The molecule has 0 N–H and O–H groups in total. The van der Waals surface area contributed by atoms with E-state index >= 15 is 0 Å². The molecule has 6 nitrogen and oxygen atoms in total. The van der Waals surface area contributed by atoms with E-state index in [0.717, 1.165) is 21.9 Å². The number of thiazole rings is 1. The highest BCUT2D eigenvalue weighted by Crippen LogP contribution is 2.18. The first-order valence-corrected chi connectivity index (χ1v) is 9.52. The van der Waals surface area contributed by atoms with E-state index < -0.39 is 0 Å². The second-order valence-corrected chi connectivity index (χ2v) is 7.28. The number of ether oxygens (including phenoxy) is 1. The van der Waals surface area contributed by atoms with E-state index in [-0.39, 0.29) is 18.4 Å². The fourth-order valence-electron chi connectivity index (χ4n) is 3.02. The van der Waals surface area contributed by atoms with Crippen LogP contribution in [0, 0.1) is 6.92 Å². The molecule has 1 aliphatic heterocycles. The predicted octanol–water partition coefficient (Wildman–Crippen LogP) is 2.26. The summed E-state index contributed by atoms with van der Waals surface area (Å²) in [4.78, 5) is 33.7. The van der Waals surface area contributed by atoms with E-state index in [0.29, 0.717) is 32.5 Å². The molecule has 7 heteroatoms. The number of rotatable bonds is 6. The van der Waals surface area contributed by atoms with Crippen LogP contribution in [-0.2, 0) is 22.6 Å². The third-order valence-electron chi connectivity index (χ3n) is 4.59. The number of methoxy groups -OCH3 is 1. The Balaban J connectivity index is 1.52. The van der Waals surface area contributed by atoms with Crippen LogP contribution in [-0.4, -0.2) is 53.3 Å². The molecule has 1 fully saturated rings. The lowest BCUT2D eigenvalue weighted by atomic mass is 10.1. The zero-order valence-electron chi connectivity index (χ0n) is 15.1. The molecule has 0 unspecified atom stereocenters. The number of piperazine rings is 1. The van der Waals surface area contributed by atoms with Gasteiger partial charge in [-0.2, -0.15) is 0 Å². The topological polar surface area (TPSA) is 62.7 Å². The summed E-state index contributed by atoms with van der Waals surface area (Å²) in [5.41, 5.74) is 3.82. The van der Waals surface area contributed by atoms with Crippen LogP contribution < -0.4 is 4.74 Å². The van der Waals surface area contributed by atoms with Gasteiger partial charge in [0, 0.05) is 30.9 Å². The quantitative estimate of drug-likeness (QED) is 0.779. The average molecular weight is 373 g/mol. The maximum absolute atomic E-state index is 12.4. The first-order chi connectivity index (χ1) is 12.6. The summed E-state index contributed by atoms with van der Waals surface area (Å²) in [5, 5.41) is 0. The van der Waals surface area contributed by atoms with Gasteiger partial charge in [0.25, 0.3) is 0 Å². The van der Waals surface area contributed by atoms with Crippen molar-refractivity contribution in [3.8, 4) is 5.75 Å². The number of aromatic nitrogens is 1. The van der Waals surface area contributed by atoms with E-state index in [2.05, 4.69) is 4.98 Å². The summed E-state index contributed by atoms with van der Waals surface area (Å²) < 4.78 is 5.23. The van der Waals surface area contributed by atoms with Crippen LogP contribution in [0.5, 0.6) is 5.75 Å². The summed E-state index contributed by atoms with van der Waals surface area (Å²) in [6, 6.07) is 7.71. The lowest BCUT2D eigenvalue weighted by Crippen LogP contribution is -2.51. The van der Waals surface area contributed by atoms with E-state index in [4.69, 9.17) is 4.74 Å². The van der Waals surface area contributed by atoms with Gasteiger partial charge in [-0.3, -0.25) is 9.59 Å². The number of carbonyl (C=O) groups excluding carboxylic acids is 2. The average Bonchev–Trinajstić information content (AvgIpc) is 3.06. The van der Waals surface area contributed by atoms with E-state index in [1.165, 1.54) is 0 Å². The number of aryl methyl sites for hydroxylation is 2. The minimum absolute atomic E-state index is 0.0126. The summed E-state index contributed by atoms with van der Waals surface area (Å²) >= 11 is 1.58. The maximum atomic E-state index is 12.4. The molecule has 0 bridgehead atoms. The molecular weight excluding hydrogens is 350 g/mol. The maximum Gasteiger partial charge on any atom is 0.242 e. The van der Waals surface area contributed by atoms with Crippen LogP contribution in [0.3, 0.4) is 0 Å². The van der Waals surface area contributed by atoms with Crippen molar-refractivity contribution in [3.63, 3.8) is 0 Å². The molecule has 26 heavy (non-hydrogen) atoms. The molecule has 2 heterocycles. The Morgan fingerprint density at radius 2 is 2.19 bits per heavy atom. The molecular formula is C19H23N3O3S.